The smallest absolute Gasteiger partial charge is 0.507 e. The van der Waals surface area contributed by atoms with Crippen molar-refractivity contribution >= 4 is 16.9 Å². The Morgan fingerprint density at radius 2 is 1.75 bits per heavy atom. The number of phenolic OH excluding ortho intramolecular Hbond substituents is 1. The Balaban J connectivity index is 1.66. The van der Waals surface area contributed by atoms with Gasteiger partial charge in [-0.2, -0.15) is 0 Å². The van der Waals surface area contributed by atoms with Gasteiger partial charge in [-0.05, 0) is 55.2 Å². The van der Waals surface area contributed by atoms with E-state index in [0.717, 1.165) is 53.1 Å². The Bertz CT molecular complexity index is 1070. The second-order valence-corrected chi connectivity index (χ2v) is 7.67. The third-order valence-corrected chi connectivity index (χ3v) is 6.18. The second kappa shape index (κ2) is 6.55. The number of carbonyl (C=O) groups excluding carboxylic acids is 1. The Hall–Kier alpha value is -3.01. The standard InChI is InChI=1S/C24H22O4/c1-2-14-7-6-10-18-19(14)23(28-24(26)27-17-8-4-3-5-9-17)21-16-12-11-15(13-16)20(21)22(18)25/h3-10,15-16,25H,2,11-13H2,1H3. The van der Waals surface area contributed by atoms with Gasteiger partial charge in [-0.1, -0.05) is 43.3 Å². The van der Waals surface area contributed by atoms with Crippen LogP contribution in [0.25, 0.3) is 10.8 Å². The highest BCUT2D eigenvalue weighted by Crippen LogP contribution is 2.61. The first-order valence-electron chi connectivity index (χ1n) is 9.92. The average Bonchev–Trinajstić information content (AvgIpc) is 3.33. The minimum atomic E-state index is -0.742. The summed E-state index contributed by atoms with van der Waals surface area (Å²) in [6, 6.07) is 14.8. The maximum atomic E-state index is 12.6. The lowest BCUT2D eigenvalue weighted by Gasteiger charge is -2.23. The van der Waals surface area contributed by atoms with Crippen molar-refractivity contribution in [1.82, 2.24) is 0 Å². The number of fused-ring (bicyclic) bond motifs is 6. The van der Waals surface area contributed by atoms with Crippen molar-refractivity contribution in [2.45, 2.75) is 44.4 Å². The molecule has 28 heavy (non-hydrogen) atoms. The van der Waals surface area contributed by atoms with Crippen LogP contribution in [0.5, 0.6) is 17.2 Å². The highest BCUT2D eigenvalue weighted by atomic mass is 16.7. The molecule has 142 valence electrons. The van der Waals surface area contributed by atoms with Crippen LogP contribution in [0.3, 0.4) is 0 Å². The van der Waals surface area contributed by atoms with Crippen LogP contribution in [0.4, 0.5) is 4.79 Å². The van der Waals surface area contributed by atoms with Crippen LogP contribution in [0.15, 0.2) is 48.5 Å². The van der Waals surface area contributed by atoms with Crippen LogP contribution >= 0.6 is 0 Å². The maximum absolute atomic E-state index is 12.6. The molecule has 1 fully saturated rings. The molecule has 2 aliphatic carbocycles. The molecule has 5 rings (SSSR count). The van der Waals surface area contributed by atoms with Crippen LogP contribution in [-0.2, 0) is 6.42 Å². The summed E-state index contributed by atoms with van der Waals surface area (Å²) in [5.41, 5.74) is 3.03. The van der Waals surface area contributed by atoms with Crippen LogP contribution < -0.4 is 9.47 Å². The number of para-hydroxylation sites is 1. The average molecular weight is 374 g/mol. The molecule has 3 aromatic rings. The molecular formula is C24H22O4. The molecule has 0 amide bonds. The number of phenols is 1. The lowest BCUT2D eigenvalue weighted by Crippen LogP contribution is -2.16. The van der Waals surface area contributed by atoms with E-state index in [-0.39, 0.29) is 0 Å². The fourth-order valence-corrected chi connectivity index (χ4v) is 5.01. The van der Waals surface area contributed by atoms with Crippen LogP contribution in [0.2, 0.25) is 0 Å². The van der Waals surface area contributed by atoms with E-state index in [1.165, 1.54) is 0 Å². The van der Waals surface area contributed by atoms with Gasteiger partial charge in [-0.3, -0.25) is 0 Å². The number of aromatic hydroxyl groups is 1. The van der Waals surface area contributed by atoms with Gasteiger partial charge >= 0.3 is 6.16 Å². The molecule has 2 atom stereocenters. The third kappa shape index (κ3) is 2.55. The van der Waals surface area contributed by atoms with E-state index in [9.17, 15) is 9.90 Å². The topological polar surface area (TPSA) is 55.8 Å². The van der Waals surface area contributed by atoms with Crippen molar-refractivity contribution in [3.63, 3.8) is 0 Å². The van der Waals surface area contributed by atoms with Crippen molar-refractivity contribution < 1.29 is 19.4 Å². The van der Waals surface area contributed by atoms with E-state index < -0.39 is 6.16 Å². The normalized spacial score (nSPS) is 19.6. The minimum Gasteiger partial charge on any atom is -0.507 e. The molecule has 0 saturated heterocycles. The van der Waals surface area contributed by atoms with E-state index in [0.29, 0.717) is 29.1 Å². The molecule has 2 unspecified atom stereocenters. The van der Waals surface area contributed by atoms with Crippen molar-refractivity contribution in [3.05, 3.63) is 65.2 Å². The van der Waals surface area contributed by atoms with Crippen LogP contribution in [0, 0.1) is 0 Å². The molecule has 4 heteroatoms. The van der Waals surface area contributed by atoms with Gasteiger partial charge in [0.2, 0.25) is 0 Å². The number of hydrogen-bond donors (Lipinski definition) is 1. The SMILES string of the molecule is CCc1cccc2c(O)c3c(c(OC(=O)Oc4ccccc4)c12)C1CCC3C1. The summed E-state index contributed by atoms with van der Waals surface area (Å²) in [6.07, 6.45) is 3.21. The number of hydrogen-bond acceptors (Lipinski definition) is 4. The van der Waals surface area contributed by atoms with Crippen molar-refractivity contribution in [2.75, 3.05) is 0 Å². The van der Waals surface area contributed by atoms with Crippen LogP contribution in [0.1, 0.15) is 54.7 Å². The third-order valence-electron chi connectivity index (χ3n) is 6.18. The zero-order chi connectivity index (χ0) is 19.3. The molecule has 4 nitrogen and oxygen atoms in total. The zero-order valence-corrected chi connectivity index (χ0v) is 15.8. The van der Waals surface area contributed by atoms with Gasteiger partial charge in [-0.15, -0.1) is 0 Å². The Morgan fingerprint density at radius 1 is 1.00 bits per heavy atom. The molecule has 2 bridgehead atoms. The van der Waals surface area contributed by atoms with E-state index in [2.05, 4.69) is 6.92 Å². The van der Waals surface area contributed by atoms with Gasteiger partial charge in [0, 0.05) is 21.9 Å². The highest BCUT2D eigenvalue weighted by Gasteiger charge is 2.43. The maximum Gasteiger partial charge on any atom is 0.519 e. The van der Waals surface area contributed by atoms with Crippen molar-refractivity contribution in [1.29, 1.82) is 0 Å². The summed E-state index contributed by atoms with van der Waals surface area (Å²) >= 11 is 0. The molecule has 0 aliphatic heterocycles. The molecule has 3 aromatic carbocycles. The van der Waals surface area contributed by atoms with E-state index in [1.807, 2.05) is 36.4 Å². The number of carbonyl (C=O) groups is 1. The van der Waals surface area contributed by atoms with E-state index >= 15 is 0 Å². The number of rotatable bonds is 3. The molecule has 0 radical (unpaired) electrons. The summed E-state index contributed by atoms with van der Waals surface area (Å²) < 4.78 is 11.2. The first kappa shape index (κ1) is 17.1. The lowest BCUT2D eigenvalue weighted by atomic mass is 9.86. The van der Waals surface area contributed by atoms with E-state index in [1.54, 1.807) is 12.1 Å². The summed E-state index contributed by atoms with van der Waals surface area (Å²) in [6.45, 7) is 2.07. The zero-order valence-electron chi connectivity index (χ0n) is 15.8. The molecular weight excluding hydrogens is 352 g/mol. The summed E-state index contributed by atoms with van der Waals surface area (Å²) in [4.78, 5) is 12.6. The van der Waals surface area contributed by atoms with Crippen molar-refractivity contribution in [2.24, 2.45) is 0 Å². The quantitative estimate of drug-likeness (QED) is 0.448. The largest absolute Gasteiger partial charge is 0.519 e. The van der Waals surface area contributed by atoms with Gasteiger partial charge in [-0.25, -0.2) is 4.79 Å². The lowest BCUT2D eigenvalue weighted by molar-refractivity contribution is 0.152. The Morgan fingerprint density at radius 3 is 2.50 bits per heavy atom. The van der Waals surface area contributed by atoms with Crippen molar-refractivity contribution in [3.8, 4) is 17.2 Å². The van der Waals surface area contributed by atoms with Gasteiger partial charge < -0.3 is 14.6 Å². The number of aryl methyl sites for hydroxylation is 1. The first-order chi connectivity index (χ1) is 13.7. The molecule has 2 aliphatic rings. The Kier molecular flexibility index (Phi) is 4.00. The molecule has 0 aromatic heterocycles. The first-order valence-corrected chi connectivity index (χ1v) is 9.92. The van der Waals surface area contributed by atoms with Gasteiger partial charge in [0.05, 0.1) is 0 Å². The molecule has 1 N–H and O–H groups in total. The number of benzene rings is 3. The van der Waals surface area contributed by atoms with Gasteiger partial charge in [0.25, 0.3) is 0 Å². The fourth-order valence-electron chi connectivity index (χ4n) is 5.01. The van der Waals surface area contributed by atoms with Gasteiger partial charge in [0.1, 0.15) is 17.2 Å². The monoisotopic (exact) mass is 374 g/mol. The van der Waals surface area contributed by atoms with E-state index in [4.69, 9.17) is 9.47 Å². The highest BCUT2D eigenvalue weighted by molar-refractivity contribution is 6.00. The predicted molar refractivity (Wildman–Crippen MR) is 107 cm³/mol. The fraction of sp³-hybridized carbons (Fsp3) is 0.292. The Labute approximate surface area is 163 Å². The summed E-state index contributed by atoms with van der Waals surface area (Å²) in [7, 11) is 0. The molecule has 0 heterocycles. The van der Waals surface area contributed by atoms with Crippen LogP contribution in [-0.4, -0.2) is 11.3 Å². The summed E-state index contributed by atoms with van der Waals surface area (Å²) in [5.74, 6) is 2.07. The predicted octanol–water partition coefficient (Wildman–Crippen LogP) is 6.05. The van der Waals surface area contributed by atoms with Gasteiger partial charge in [0.15, 0.2) is 0 Å². The molecule has 1 saturated carbocycles. The molecule has 0 spiro atoms. The minimum absolute atomic E-state index is 0.333. The summed E-state index contributed by atoms with van der Waals surface area (Å²) in [5, 5.41) is 12.6. The number of ether oxygens (including phenoxy) is 2. The second-order valence-electron chi connectivity index (χ2n) is 7.67.